The fraction of sp³-hybridized carbons (Fsp3) is 0.364. The van der Waals surface area contributed by atoms with Crippen molar-refractivity contribution in [2.45, 2.75) is 25.3 Å². The van der Waals surface area contributed by atoms with E-state index in [1.165, 1.54) is 11.3 Å². The van der Waals surface area contributed by atoms with E-state index in [0.717, 1.165) is 0 Å². The predicted molar refractivity (Wildman–Crippen MR) is 75.9 cm³/mol. The molecule has 2 rings (SSSR count). The van der Waals surface area contributed by atoms with Gasteiger partial charge in [-0.25, -0.2) is 8.42 Å². The van der Waals surface area contributed by atoms with Gasteiger partial charge in [-0.1, -0.05) is 0 Å². The zero-order chi connectivity index (χ0) is 14.0. The smallest absolute Gasteiger partial charge is 0.265 e. The Hall–Kier alpha value is -1.38. The van der Waals surface area contributed by atoms with E-state index in [4.69, 9.17) is 5.73 Å². The number of sulfonamides is 1. The highest BCUT2D eigenvalue weighted by Gasteiger charge is 2.24. The van der Waals surface area contributed by atoms with Gasteiger partial charge < -0.3 is 5.73 Å². The number of hydrogen-bond donors (Lipinski definition) is 2. The van der Waals surface area contributed by atoms with Crippen LogP contribution in [0.5, 0.6) is 0 Å². The Labute approximate surface area is 116 Å². The molecule has 0 spiro atoms. The second-order valence-corrected chi connectivity index (χ2v) is 6.53. The van der Waals surface area contributed by atoms with Gasteiger partial charge in [0, 0.05) is 11.9 Å². The lowest BCUT2D eigenvalue weighted by Gasteiger charge is -2.07. The first-order valence-corrected chi connectivity index (χ1v) is 8.17. The topological polar surface area (TPSA) is 90.0 Å². The molecular weight excluding hydrogens is 284 g/mol. The third-order valence-corrected chi connectivity index (χ3v) is 5.01. The Morgan fingerprint density at radius 1 is 1.47 bits per heavy atom. The summed E-state index contributed by atoms with van der Waals surface area (Å²) in [4.78, 5) is 0.229. The zero-order valence-electron chi connectivity index (χ0n) is 10.8. The largest absolute Gasteiger partial charge is 0.329 e. The fourth-order valence-electron chi connectivity index (χ4n) is 1.94. The molecule has 0 radical (unpaired) electrons. The normalized spacial score (nSPS) is 11.7. The maximum Gasteiger partial charge on any atom is 0.265 e. The minimum atomic E-state index is -3.61. The van der Waals surface area contributed by atoms with Gasteiger partial charge in [0.1, 0.15) is 4.90 Å². The van der Waals surface area contributed by atoms with Gasteiger partial charge in [-0.3, -0.25) is 9.40 Å². The van der Waals surface area contributed by atoms with Gasteiger partial charge >= 0.3 is 0 Å². The number of hydrogen-bond acceptors (Lipinski definition) is 5. The molecule has 0 aliphatic heterocycles. The highest BCUT2D eigenvalue weighted by atomic mass is 32.2. The molecule has 19 heavy (non-hydrogen) atoms. The summed E-state index contributed by atoms with van der Waals surface area (Å²) in [6.45, 7) is 4.33. The lowest BCUT2D eigenvalue weighted by molar-refractivity contribution is 0.593. The lowest BCUT2D eigenvalue weighted by atomic mass is 10.4. The Bertz CT molecular complexity index is 659. The van der Waals surface area contributed by atoms with Crippen LogP contribution in [0.2, 0.25) is 0 Å². The van der Waals surface area contributed by atoms with Crippen LogP contribution in [0, 0.1) is 13.8 Å². The molecule has 0 amide bonds. The van der Waals surface area contributed by atoms with Crippen LogP contribution in [0.4, 0.5) is 5.69 Å². The molecule has 0 atom stereocenters. The number of nitrogens with two attached hydrogens (primary N) is 1. The van der Waals surface area contributed by atoms with Gasteiger partial charge in [0.15, 0.2) is 0 Å². The molecule has 8 heteroatoms. The Morgan fingerprint density at radius 3 is 2.79 bits per heavy atom. The summed E-state index contributed by atoms with van der Waals surface area (Å²) in [6.07, 6.45) is 0. The van der Waals surface area contributed by atoms with E-state index in [2.05, 4.69) is 9.82 Å². The average molecular weight is 300 g/mol. The second-order valence-electron chi connectivity index (χ2n) is 4.13. The molecule has 0 aliphatic carbocycles. The molecule has 6 nitrogen and oxygen atoms in total. The summed E-state index contributed by atoms with van der Waals surface area (Å²) in [5.41, 5.74) is 7.13. The van der Waals surface area contributed by atoms with Crippen molar-refractivity contribution >= 4 is 27.0 Å². The Balaban J connectivity index is 2.40. The van der Waals surface area contributed by atoms with E-state index in [1.54, 1.807) is 30.0 Å². The van der Waals surface area contributed by atoms with Gasteiger partial charge in [0.25, 0.3) is 10.0 Å². The number of aryl methyl sites for hydroxylation is 1. The maximum absolute atomic E-state index is 12.4. The highest BCUT2D eigenvalue weighted by molar-refractivity contribution is 7.92. The molecule has 0 aromatic carbocycles. The van der Waals surface area contributed by atoms with Crippen molar-refractivity contribution in [2.75, 3.05) is 11.3 Å². The van der Waals surface area contributed by atoms with Gasteiger partial charge in [-0.2, -0.15) is 16.4 Å². The number of rotatable bonds is 5. The van der Waals surface area contributed by atoms with Crippen molar-refractivity contribution < 1.29 is 8.42 Å². The second kappa shape index (κ2) is 5.32. The molecule has 0 unspecified atom stereocenters. The summed E-state index contributed by atoms with van der Waals surface area (Å²) in [6, 6.07) is 1.72. The number of nitrogens with zero attached hydrogens (tertiary/aromatic N) is 2. The monoisotopic (exact) mass is 300 g/mol. The van der Waals surface area contributed by atoms with Crippen LogP contribution in [0.25, 0.3) is 0 Å². The molecule has 2 aromatic rings. The van der Waals surface area contributed by atoms with Crippen LogP contribution < -0.4 is 10.5 Å². The fourth-order valence-corrected chi connectivity index (χ4v) is 4.06. The van der Waals surface area contributed by atoms with Gasteiger partial charge in [-0.05, 0) is 25.3 Å². The van der Waals surface area contributed by atoms with Gasteiger partial charge in [0.2, 0.25) is 0 Å². The molecule has 0 fully saturated rings. The van der Waals surface area contributed by atoms with Crippen LogP contribution in [-0.2, 0) is 16.6 Å². The molecule has 3 N–H and O–H groups in total. The minimum Gasteiger partial charge on any atom is -0.329 e. The standard InChI is InChI=1S/C11H16N4O2S2/c1-8-11(9(2)15(13-8)5-4-12)19(16,17)14-10-3-6-18-7-10/h3,6-7,14H,4-5,12H2,1-2H3. The van der Waals surface area contributed by atoms with E-state index in [1.807, 2.05) is 5.38 Å². The van der Waals surface area contributed by atoms with Crippen LogP contribution in [-0.4, -0.2) is 24.7 Å². The summed E-state index contributed by atoms with van der Waals surface area (Å²) in [7, 11) is -3.61. The molecule has 0 saturated heterocycles. The van der Waals surface area contributed by atoms with E-state index >= 15 is 0 Å². The van der Waals surface area contributed by atoms with Crippen molar-refractivity contribution in [1.29, 1.82) is 0 Å². The summed E-state index contributed by atoms with van der Waals surface area (Å²) in [5.74, 6) is 0. The third kappa shape index (κ3) is 2.80. The molecule has 2 aromatic heterocycles. The van der Waals surface area contributed by atoms with Gasteiger partial charge in [-0.15, -0.1) is 0 Å². The SMILES string of the molecule is Cc1nn(CCN)c(C)c1S(=O)(=O)Nc1ccsc1. The van der Waals surface area contributed by atoms with Crippen molar-refractivity contribution in [2.24, 2.45) is 5.73 Å². The molecule has 104 valence electrons. The molecular formula is C11H16N4O2S2. The van der Waals surface area contributed by atoms with Crippen molar-refractivity contribution in [3.05, 3.63) is 28.2 Å². The first-order valence-electron chi connectivity index (χ1n) is 5.75. The van der Waals surface area contributed by atoms with Crippen molar-refractivity contribution in [3.8, 4) is 0 Å². The van der Waals surface area contributed by atoms with E-state index in [-0.39, 0.29) is 4.90 Å². The first kappa shape index (κ1) is 14.0. The van der Waals surface area contributed by atoms with Gasteiger partial charge in [0.05, 0.1) is 23.6 Å². The summed E-state index contributed by atoms with van der Waals surface area (Å²) in [5, 5.41) is 7.77. The quantitative estimate of drug-likeness (QED) is 0.871. The number of aromatic nitrogens is 2. The number of thiophene rings is 1. The maximum atomic E-state index is 12.4. The minimum absolute atomic E-state index is 0.229. The van der Waals surface area contributed by atoms with E-state index in [0.29, 0.717) is 30.2 Å². The molecule has 0 saturated carbocycles. The molecule has 2 heterocycles. The average Bonchev–Trinajstić information content (AvgIpc) is 2.88. The highest BCUT2D eigenvalue weighted by Crippen LogP contribution is 2.23. The third-order valence-electron chi connectivity index (χ3n) is 2.70. The molecule has 0 bridgehead atoms. The van der Waals surface area contributed by atoms with Crippen molar-refractivity contribution in [1.82, 2.24) is 9.78 Å². The van der Waals surface area contributed by atoms with Crippen LogP contribution in [0.3, 0.4) is 0 Å². The van der Waals surface area contributed by atoms with Crippen LogP contribution >= 0.6 is 11.3 Å². The van der Waals surface area contributed by atoms with Crippen molar-refractivity contribution in [3.63, 3.8) is 0 Å². The summed E-state index contributed by atoms with van der Waals surface area (Å²) >= 11 is 1.43. The lowest BCUT2D eigenvalue weighted by Crippen LogP contribution is -2.16. The van der Waals surface area contributed by atoms with E-state index in [9.17, 15) is 8.42 Å². The number of anilines is 1. The van der Waals surface area contributed by atoms with Crippen LogP contribution in [0.1, 0.15) is 11.4 Å². The zero-order valence-corrected chi connectivity index (χ0v) is 12.4. The van der Waals surface area contributed by atoms with Crippen LogP contribution in [0.15, 0.2) is 21.7 Å². The van der Waals surface area contributed by atoms with E-state index < -0.39 is 10.0 Å². The first-order chi connectivity index (χ1) is 8.95. The summed E-state index contributed by atoms with van der Waals surface area (Å²) < 4.78 is 28.9. The number of nitrogens with one attached hydrogen (secondary N) is 1. The Kier molecular flexibility index (Phi) is 3.93. The Morgan fingerprint density at radius 2 is 2.21 bits per heavy atom. The molecule has 0 aliphatic rings. The predicted octanol–water partition coefficient (Wildman–Crippen LogP) is 1.32.